The number of phenolic OH excluding ortho intramolecular Hbond substituents is 1. The van der Waals surface area contributed by atoms with Gasteiger partial charge < -0.3 is 10.0 Å². The van der Waals surface area contributed by atoms with Crippen molar-refractivity contribution in [1.82, 2.24) is 19.6 Å². The van der Waals surface area contributed by atoms with Crippen molar-refractivity contribution in [2.45, 2.75) is 12.5 Å². The number of nitrogens with zero attached hydrogens (tertiary/aromatic N) is 4. The van der Waals surface area contributed by atoms with Crippen LogP contribution in [0.3, 0.4) is 0 Å². The monoisotopic (exact) mass is 376 g/mol. The molecule has 1 saturated heterocycles. The lowest BCUT2D eigenvalue weighted by molar-refractivity contribution is 0.107. The fourth-order valence-corrected chi connectivity index (χ4v) is 4.10. The van der Waals surface area contributed by atoms with E-state index in [1.807, 2.05) is 30.1 Å². The van der Waals surface area contributed by atoms with Gasteiger partial charge in [-0.25, -0.2) is 0 Å². The van der Waals surface area contributed by atoms with Gasteiger partial charge in [-0.05, 0) is 35.7 Å². The van der Waals surface area contributed by atoms with Crippen LogP contribution in [0, 0.1) is 0 Å². The Morgan fingerprint density at radius 2 is 1.75 bits per heavy atom. The molecule has 2 aromatic carbocycles. The summed E-state index contributed by atoms with van der Waals surface area (Å²) in [4.78, 5) is 5.09. The molecule has 0 saturated carbocycles. The summed E-state index contributed by atoms with van der Waals surface area (Å²) in [6.45, 7) is 5.20. The fraction of sp³-hybridized carbons (Fsp3) is 0.348. The number of hydrogen-bond acceptors (Lipinski definition) is 4. The van der Waals surface area contributed by atoms with E-state index >= 15 is 0 Å². The zero-order valence-corrected chi connectivity index (χ0v) is 16.4. The largest absolute Gasteiger partial charge is 0.508 e. The minimum Gasteiger partial charge on any atom is -0.508 e. The number of aromatic nitrogens is 2. The molecule has 1 aliphatic heterocycles. The molecule has 1 aliphatic rings. The average Bonchev–Trinajstić information content (AvgIpc) is 3.14. The van der Waals surface area contributed by atoms with Gasteiger partial charge in [0.2, 0.25) is 0 Å². The molecule has 1 atom stereocenters. The first kappa shape index (κ1) is 18.7. The third-order valence-electron chi connectivity index (χ3n) is 5.65. The van der Waals surface area contributed by atoms with Crippen molar-refractivity contribution in [1.29, 1.82) is 0 Å². The van der Waals surface area contributed by atoms with Crippen LogP contribution < -0.4 is 0 Å². The Hall–Kier alpha value is -2.63. The van der Waals surface area contributed by atoms with Crippen molar-refractivity contribution in [2.24, 2.45) is 7.05 Å². The summed E-state index contributed by atoms with van der Waals surface area (Å²) in [5, 5.41) is 14.0. The van der Waals surface area contributed by atoms with Gasteiger partial charge in [-0.1, -0.05) is 42.5 Å². The Labute approximate surface area is 166 Å². The van der Waals surface area contributed by atoms with Crippen LogP contribution in [-0.4, -0.2) is 57.4 Å². The smallest absolute Gasteiger partial charge is 0.115 e. The SMILES string of the molecule is Cn1nccc1C(c1ccccc1)N1CCN(CCc2cccc(O)c2)CC1. The van der Waals surface area contributed by atoms with Gasteiger partial charge >= 0.3 is 0 Å². The van der Waals surface area contributed by atoms with Crippen LogP contribution in [0.4, 0.5) is 0 Å². The zero-order valence-electron chi connectivity index (χ0n) is 16.4. The number of benzene rings is 2. The maximum Gasteiger partial charge on any atom is 0.115 e. The molecule has 0 aliphatic carbocycles. The Balaban J connectivity index is 1.41. The molecule has 0 spiro atoms. The molecule has 0 radical (unpaired) electrons. The molecule has 3 aromatic rings. The first-order valence-electron chi connectivity index (χ1n) is 9.98. The minimum absolute atomic E-state index is 0.238. The summed E-state index contributed by atoms with van der Waals surface area (Å²) in [5.74, 6) is 0.351. The predicted molar refractivity (Wildman–Crippen MR) is 111 cm³/mol. The van der Waals surface area contributed by atoms with Gasteiger partial charge in [-0.2, -0.15) is 5.10 Å². The molecule has 1 fully saturated rings. The van der Waals surface area contributed by atoms with E-state index in [-0.39, 0.29) is 6.04 Å². The molecule has 0 bridgehead atoms. The first-order chi connectivity index (χ1) is 13.7. The highest BCUT2D eigenvalue weighted by Crippen LogP contribution is 2.29. The van der Waals surface area contributed by atoms with E-state index < -0.39 is 0 Å². The van der Waals surface area contributed by atoms with Gasteiger partial charge in [-0.3, -0.25) is 9.58 Å². The minimum atomic E-state index is 0.238. The lowest BCUT2D eigenvalue weighted by Crippen LogP contribution is -2.48. The Morgan fingerprint density at radius 3 is 2.43 bits per heavy atom. The maximum atomic E-state index is 9.64. The van der Waals surface area contributed by atoms with Gasteiger partial charge in [-0.15, -0.1) is 0 Å². The van der Waals surface area contributed by atoms with Gasteiger partial charge in [0.1, 0.15) is 5.75 Å². The van der Waals surface area contributed by atoms with Crippen LogP contribution in [0.15, 0.2) is 66.9 Å². The second-order valence-electron chi connectivity index (χ2n) is 7.49. The van der Waals surface area contributed by atoms with Gasteiger partial charge in [0.25, 0.3) is 0 Å². The van der Waals surface area contributed by atoms with E-state index in [0.717, 1.165) is 39.1 Å². The summed E-state index contributed by atoms with van der Waals surface area (Å²) in [6, 6.07) is 20.7. The van der Waals surface area contributed by atoms with Crippen LogP contribution in [0.1, 0.15) is 22.9 Å². The number of rotatable bonds is 6. The van der Waals surface area contributed by atoms with Crippen molar-refractivity contribution in [3.63, 3.8) is 0 Å². The highest BCUT2D eigenvalue weighted by Gasteiger charge is 2.28. The molecule has 2 heterocycles. The van der Waals surface area contributed by atoms with Crippen molar-refractivity contribution in [2.75, 3.05) is 32.7 Å². The van der Waals surface area contributed by atoms with Crippen LogP contribution in [0.2, 0.25) is 0 Å². The Morgan fingerprint density at radius 1 is 0.964 bits per heavy atom. The van der Waals surface area contributed by atoms with Gasteiger partial charge in [0.05, 0.1) is 11.7 Å². The van der Waals surface area contributed by atoms with Crippen molar-refractivity contribution in [3.8, 4) is 5.75 Å². The fourth-order valence-electron chi connectivity index (χ4n) is 4.10. The molecule has 146 valence electrons. The molecule has 5 heteroatoms. The van der Waals surface area contributed by atoms with Crippen molar-refractivity contribution in [3.05, 3.63) is 83.7 Å². The van der Waals surface area contributed by atoms with E-state index in [1.165, 1.54) is 16.8 Å². The van der Waals surface area contributed by atoms with E-state index in [9.17, 15) is 5.11 Å². The second-order valence-corrected chi connectivity index (χ2v) is 7.49. The zero-order chi connectivity index (χ0) is 19.3. The second kappa shape index (κ2) is 8.59. The van der Waals surface area contributed by atoms with Crippen LogP contribution >= 0.6 is 0 Å². The molecular formula is C23H28N4O. The van der Waals surface area contributed by atoms with Crippen molar-refractivity contribution < 1.29 is 5.11 Å². The maximum absolute atomic E-state index is 9.64. The van der Waals surface area contributed by atoms with E-state index in [1.54, 1.807) is 6.07 Å². The standard InChI is InChI=1S/C23H28N4O/c1-25-22(10-12-24-25)23(20-7-3-2-4-8-20)27-16-14-26(15-17-27)13-11-19-6-5-9-21(28)18-19/h2-10,12,18,23,28H,11,13-17H2,1H3. The highest BCUT2D eigenvalue weighted by molar-refractivity contribution is 5.28. The summed E-state index contributed by atoms with van der Waals surface area (Å²) < 4.78 is 1.99. The summed E-state index contributed by atoms with van der Waals surface area (Å²) in [6.07, 6.45) is 2.86. The molecular weight excluding hydrogens is 348 g/mol. The topological polar surface area (TPSA) is 44.5 Å². The van der Waals surface area contributed by atoms with Crippen molar-refractivity contribution >= 4 is 0 Å². The van der Waals surface area contributed by atoms with Crippen LogP contribution in [-0.2, 0) is 13.5 Å². The van der Waals surface area contributed by atoms with E-state index in [0.29, 0.717) is 5.75 Å². The summed E-state index contributed by atoms with van der Waals surface area (Å²) in [5.41, 5.74) is 3.75. The predicted octanol–water partition coefficient (Wildman–Crippen LogP) is 3.08. The van der Waals surface area contributed by atoms with Crippen LogP contribution in [0.5, 0.6) is 5.75 Å². The summed E-state index contributed by atoms with van der Waals surface area (Å²) in [7, 11) is 2.02. The average molecular weight is 377 g/mol. The number of piperazine rings is 1. The molecule has 28 heavy (non-hydrogen) atoms. The molecule has 1 aromatic heterocycles. The quantitative estimate of drug-likeness (QED) is 0.718. The molecule has 1 unspecified atom stereocenters. The number of hydrogen-bond donors (Lipinski definition) is 1. The number of aryl methyl sites for hydroxylation is 1. The summed E-state index contributed by atoms with van der Waals surface area (Å²) >= 11 is 0. The molecule has 4 rings (SSSR count). The molecule has 1 N–H and O–H groups in total. The highest BCUT2D eigenvalue weighted by atomic mass is 16.3. The van der Waals surface area contributed by atoms with Crippen LogP contribution in [0.25, 0.3) is 0 Å². The lowest BCUT2D eigenvalue weighted by Gasteiger charge is -2.39. The molecule has 5 nitrogen and oxygen atoms in total. The number of aromatic hydroxyl groups is 1. The third-order valence-corrected chi connectivity index (χ3v) is 5.65. The van der Waals surface area contributed by atoms with Gasteiger partial charge in [0, 0.05) is 46.0 Å². The Bertz CT molecular complexity index is 884. The first-order valence-corrected chi connectivity index (χ1v) is 9.98. The van der Waals surface area contributed by atoms with E-state index in [2.05, 4.69) is 57.4 Å². The Kier molecular flexibility index (Phi) is 5.74. The van der Waals surface area contributed by atoms with Gasteiger partial charge in [0.15, 0.2) is 0 Å². The molecule has 0 amide bonds. The number of phenols is 1. The lowest BCUT2D eigenvalue weighted by atomic mass is 10.0. The van der Waals surface area contributed by atoms with E-state index in [4.69, 9.17) is 0 Å². The normalized spacial score (nSPS) is 16.9. The third kappa shape index (κ3) is 4.26.